The molecule has 1 N–H and O–H groups in total. The van der Waals surface area contributed by atoms with Crippen molar-refractivity contribution in [2.45, 2.75) is 11.1 Å². The molecule has 132 valence electrons. The van der Waals surface area contributed by atoms with Crippen LogP contribution in [-0.2, 0) is 10.0 Å². The molecule has 0 aliphatic carbocycles. The Labute approximate surface area is 160 Å². The molecule has 0 spiro atoms. The Morgan fingerprint density at radius 3 is 2.58 bits per heavy atom. The molecule has 0 aliphatic heterocycles. The van der Waals surface area contributed by atoms with Gasteiger partial charge in [-0.1, -0.05) is 23.7 Å². The van der Waals surface area contributed by atoms with E-state index in [2.05, 4.69) is 9.71 Å². The summed E-state index contributed by atoms with van der Waals surface area (Å²) in [6, 6.07) is 14.2. The predicted octanol–water partition coefficient (Wildman–Crippen LogP) is 4.83. The summed E-state index contributed by atoms with van der Waals surface area (Å²) in [5, 5.41) is 0. The molecule has 4 aromatic rings. The molecule has 0 radical (unpaired) electrons. The normalized spacial score (nSPS) is 11.8. The van der Waals surface area contributed by atoms with Crippen LogP contribution in [0.4, 0.5) is 5.69 Å². The Kier molecular flexibility index (Phi) is 4.22. The summed E-state index contributed by atoms with van der Waals surface area (Å²) in [5.74, 6) is 0. The van der Waals surface area contributed by atoms with Gasteiger partial charge in [0.1, 0.15) is 9.86 Å². The highest BCUT2D eigenvalue weighted by molar-refractivity contribution is 7.94. The third-order valence-corrected chi connectivity index (χ3v) is 6.97. The molecule has 0 bridgehead atoms. The molecule has 5 nitrogen and oxygen atoms in total. The molecule has 4 rings (SSSR count). The van der Waals surface area contributed by atoms with Crippen molar-refractivity contribution < 1.29 is 8.42 Å². The van der Waals surface area contributed by atoms with E-state index >= 15 is 0 Å². The van der Waals surface area contributed by atoms with Crippen molar-refractivity contribution in [2.24, 2.45) is 0 Å². The standard InChI is InChI=1S/C18H14ClN3O2S2/c1-12-8-9-22-11-15(20-17(22)10-12)13-2-4-14(5-3-13)21-26(23,24)18-7-6-16(19)25-18/h2-11,21H,1H3. The summed E-state index contributed by atoms with van der Waals surface area (Å²) in [6.45, 7) is 2.02. The fourth-order valence-corrected chi connectivity index (χ4v) is 5.12. The Bertz CT molecular complexity index is 1190. The lowest BCUT2D eigenvalue weighted by molar-refractivity contribution is 0.603. The summed E-state index contributed by atoms with van der Waals surface area (Å²) in [7, 11) is -3.63. The fourth-order valence-electron chi connectivity index (χ4n) is 2.58. The molecule has 1 aromatic carbocycles. The third kappa shape index (κ3) is 3.33. The molecule has 3 aromatic heterocycles. The van der Waals surface area contributed by atoms with Crippen molar-refractivity contribution in [1.29, 1.82) is 0 Å². The Morgan fingerprint density at radius 2 is 1.88 bits per heavy atom. The highest BCUT2D eigenvalue weighted by Gasteiger charge is 2.16. The van der Waals surface area contributed by atoms with Gasteiger partial charge in [0.05, 0.1) is 10.0 Å². The SMILES string of the molecule is Cc1ccn2cc(-c3ccc(NS(=O)(=O)c4ccc(Cl)s4)cc3)nc2c1. The quantitative estimate of drug-likeness (QED) is 0.531. The average Bonchev–Trinajstić information content (AvgIpc) is 3.21. The number of rotatable bonds is 4. The number of aryl methyl sites for hydroxylation is 1. The van der Waals surface area contributed by atoms with Crippen molar-refractivity contribution >= 4 is 44.3 Å². The third-order valence-electron chi connectivity index (χ3n) is 3.86. The maximum atomic E-state index is 12.3. The van der Waals surface area contributed by atoms with Crippen LogP contribution in [0.5, 0.6) is 0 Å². The zero-order chi connectivity index (χ0) is 18.3. The summed E-state index contributed by atoms with van der Waals surface area (Å²) >= 11 is 6.84. The number of hydrogen-bond donors (Lipinski definition) is 1. The number of sulfonamides is 1. The van der Waals surface area contributed by atoms with Crippen molar-refractivity contribution in [3.05, 3.63) is 70.8 Å². The summed E-state index contributed by atoms with van der Waals surface area (Å²) in [5.41, 5.74) is 4.24. The molecule has 0 saturated carbocycles. The van der Waals surface area contributed by atoms with Crippen LogP contribution in [0.25, 0.3) is 16.9 Å². The van der Waals surface area contributed by atoms with Crippen LogP contribution in [0.1, 0.15) is 5.56 Å². The number of pyridine rings is 1. The minimum absolute atomic E-state index is 0.183. The van der Waals surface area contributed by atoms with Gasteiger partial charge in [-0.3, -0.25) is 4.72 Å². The lowest BCUT2D eigenvalue weighted by atomic mass is 10.1. The summed E-state index contributed by atoms with van der Waals surface area (Å²) < 4.78 is 29.8. The number of thiophene rings is 1. The predicted molar refractivity (Wildman–Crippen MR) is 106 cm³/mol. The number of benzene rings is 1. The van der Waals surface area contributed by atoms with E-state index in [-0.39, 0.29) is 4.21 Å². The first kappa shape index (κ1) is 17.1. The molecule has 8 heteroatoms. The maximum absolute atomic E-state index is 12.3. The van der Waals surface area contributed by atoms with E-state index in [1.54, 1.807) is 18.2 Å². The Morgan fingerprint density at radius 1 is 1.12 bits per heavy atom. The van der Waals surface area contributed by atoms with Crippen LogP contribution in [0.3, 0.4) is 0 Å². The smallest absolute Gasteiger partial charge is 0.271 e. The summed E-state index contributed by atoms with van der Waals surface area (Å²) in [4.78, 5) is 4.61. The van der Waals surface area contributed by atoms with Gasteiger partial charge >= 0.3 is 0 Å². The number of nitrogens with zero attached hydrogens (tertiary/aromatic N) is 2. The van der Waals surface area contributed by atoms with Crippen LogP contribution in [0, 0.1) is 6.92 Å². The van der Waals surface area contributed by atoms with Crippen LogP contribution in [-0.4, -0.2) is 17.8 Å². The van der Waals surface area contributed by atoms with Gasteiger partial charge in [0.25, 0.3) is 10.0 Å². The zero-order valence-electron chi connectivity index (χ0n) is 13.7. The van der Waals surface area contributed by atoms with Gasteiger partial charge in [0.2, 0.25) is 0 Å². The van der Waals surface area contributed by atoms with Crippen molar-refractivity contribution in [1.82, 2.24) is 9.38 Å². The molecule has 0 aliphatic rings. The van der Waals surface area contributed by atoms with Gasteiger partial charge in [-0.05, 0) is 48.9 Å². The van der Waals surface area contributed by atoms with E-state index in [0.717, 1.165) is 33.8 Å². The monoisotopic (exact) mass is 403 g/mol. The number of halogens is 1. The van der Waals surface area contributed by atoms with E-state index in [4.69, 9.17) is 11.6 Å². The molecular weight excluding hydrogens is 390 g/mol. The number of imidazole rings is 1. The number of nitrogens with one attached hydrogen (secondary N) is 1. The minimum Gasteiger partial charge on any atom is -0.306 e. The van der Waals surface area contributed by atoms with Gasteiger partial charge < -0.3 is 4.40 Å². The number of aromatic nitrogens is 2. The maximum Gasteiger partial charge on any atom is 0.271 e. The van der Waals surface area contributed by atoms with Crippen molar-refractivity contribution in [2.75, 3.05) is 4.72 Å². The lowest BCUT2D eigenvalue weighted by Crippen LogP contribution is -2.11. The highest BCUT2D eigenvalue weighted by atomic mass is 35.5. The molecule has 0 saturated heterocycles. The molecule has 0 unspecified atom stereocenters. The first-order valence-electron chi connectivity index (χ1n) is 7.75. The largest absolute Gasteiger partial charge is 0.306 e. The van der Waals surface area contributed by atoms with Crippen LogP contribution < -0.4 is 4.72 Å². The molecular formula is C18H14ClN3O2S2. The van der Waals surface area contributed by atoms with Crippen molar-refractivity contribution in [3.8, 4) is 11.3 Å². The van der Waals surface area contributed by atoms with Crippen molar-refractivity contribution in [3.63, 3.8) is 0 Å². The molecule has 26 heavy (non-hydrogen) atoms. The second-order valence-corrected chi connectivity index (χ2v) is 9.46. The van der Waals surface area contributed by atoms with Crippen LogP contribution in [0.15, 0.2) is 65.1 Å². The number of anilines is 1. The first-order valence-corrected chi connectivity index (χ1v) is 10.4. The van der Waals surface area contributed by atoms with E-state index in [1.165, 1.54) is 6.07 Å². The Hall–Kier alpha value is -2.35. The van der Waals surface area contributed by atoms with E-state index < -0.39 is 10.0 Å². The molecule has 0 fully saturated rings. The second kappa shape index (κ2) is 6.42. The van der Waals surface area contributed by atoms with Gasteiger partial charge in [-0.25, -0.2) is 13.4 Å². The minimum atomic E-state index is -3.63. The van der Waals surface area contributed by atoms with Gasteiger partial charge in [0.15, 0.2) is 0 Å². The van der Waals surface area contributed by atoms with E-state index in [1.807, 2.05) is 48.0 Å². The first-order chi connectivity index (χ1) is 12.4. The van der Waals surface area contributed by atoms with Crippen LogP contribution in [0.2, 0.25) is 4.34 Å². The van der Waals surface area contributed by atoms with E-state index in [0.29, 0.717) is 10.0 Å². The molecule has 3 heterocycles. The number of hydrogen-bond acceptors (Lipinski definition) is 4. The van der Waals surface area contributed by atoms with Gasteiger partial charge in [-0.2, -0.15) is 0 Å². The zero-order valence-corrected chi connectivity index (χ0v) is 16.1. The lowest BCUT2D eigenvalue weighted by Gasteiger charge is -2.06. The van der Waals surface area contributed by atoms with Crippen LogP contribution >= 0.6 is 22.9 Å². The fraction of sp³-hybridized carbons (Fsp3) is 0.0556. The Balaban J connectivity index is 1.60. The second-order valence-electron chi connectivity index (χ2n) is 5.84. The molecule has 0 amide bonds. The van der Waals surface area contributed by atoms with Gasteiger partial charge in [0, 0.05) is 23.6 Å². The van der Waals surface area contributed by atoms with Gasteiger partial charge in [-0.15, -0.1) is 11.3 Å². The highest BCUT2D eigenvalue weighted by Crippen LogP contribution is 2.28. The average molecular weight is 404 g/mol. The topological polar surface area (TPSA) is 63.5 Å². The molecule has 0 atom stereocenters. The number of fused-ring (bicyclic) bond motifs is 1. The van der Waals surface area contributed by atoms with E-state index in [9.17, 15) is 8.42 Å². The summed E-state index contributed by atoms with van der Waals surface area (Å²) in [6.07, 6.45) is 3.91.